The van der Waals surface area contributed by atoms with Crippen LogP contribution in [0.1, 0.15) is 27.7 Å². The van der Waals surface area contributed by atoms with Crippen molar-refractivity contribution >= 4 is 5.91 Å². The molecule has 0 spiro atoms. The molecule has 2 aliphatic heterocycles. The number of aliphatic hydroxyl groups is 1. The molecule has 0 bridgehead atoms. The summed E-state index contributed by atoms with van der Waals surface area (Å²) in [6, 6.07) is -0.0642. The zero-order valence-electron chi connectivity index (χ0n) is 15.1. The second-order valence-electron chi connectivity index (χ2n) is 7.83. The molecule has 0 aliphatic carbocycles. The van der Waals surface area contributed by atoms with E-state index in [1.54, 1.807) is 0 Å². The van der Waals surface area contributed by atoms with Gasteiger partial charge in [-0.1, -0.05) is 20.8 Å². The number of carbonyl (C=O) groups is 1. The van der Waals surface area contributed by atoms with E-state index in [9.17, 15) is 9.90 Å². The standard InChI is InChI=1S/C17H33N3O3/c1-14(19-9-11-23-12-10-19)16(22)20-7-5-18(6-8-20)13-15(21)17(2,3)4/h14-15,21H,5-13H2,1-4H3/t14-,15-/m0/s1. The molecule has 2 atom stereocenters. The summed E-state index contributed by atoms with van der Waals surface area (Å²) >= 11 is 0. The van der Waals surface area contributed by atoms with Crippen molar-refractivity contribution in [3.63, 3.8) is 0 Å². The Kier molecular flexibility index (Phi) is 6.42. The number of amides is 1. The maximum absolute atomic E-state index is 12.7. The highest BCUT2D eigenvalue weighted by Crippen LogP contribution is 2.20. The molecular weight excluding hydrogens is 294 g/mol. The van der Waals surface area contributed by atoms with Crippen LogP contribution in [0.4, 0.5) is 0 Å². The molecular formula is C17H33N3O3. The maximum atomic E-state index is 12.7. The Bertz CT molecular complexity index is 383. The van der Waals surface area contributed by atoms with Crippen molar-refractivity contribution in [2.24, 2.45) is 5.41 Å². The van der Waals surface area contributed by atoms with Gasteiger partial charge in [-0.15, -0.1) is 0 Å². The van der Waals surface area contributed by atoms with Crippen LogP contribution in [0.5, 0.6) is 0 Å². The van der Waals surface area contributed by atoms with Crippen LogP contribution in [-0.2, 0) is 9.53 Å². The van der Waals surface area contributed by atoms with Gasteiger partial charge in [0.25, 0.3) is 0 Å². The van der Waals surface area contributed by atoms with E-state index in [1.807, 2.05) is 11.8 Å². The Labute approximate surface area is 140 Å². The third-order valence-corrected chi connectivity index (χ3v) is 5.07. The zero-order chi connectivity index (χ0) is 17.0. The number of aliphatic hydroxyl groups excluding tert-OH is 1. The maximum Gasteiger partial charge on any atom is 0.239 e. The minimum atomic E-state index is -0.336. The molecule has 134 valence electrons. The van der Waals surface area contributed by atoms with Gasteiger partial charge in [0.05, 0.1) is 25.4 Å². The first-order valence-electron chi connectivity index (χ1n) is 8.80. The number of β-amino-alcohol motifs (C(OH)–C–C–N with tert-alkyl or cyclic N) is 1. The molecule has 0 aromatic carbocycles. The van der Waals surface area contributed by atoms with Gasteiger partial charge in [0.2, 0.25) is 5.91 Å². The van der Waals surface area contributed by atoms with Crippen LogP contribution in [0.25, 0.3) is 0 Å². The van der Waals surface area contributed by atoms with E-state index >= 15 is 0 Å². The second kappa shape index (κ2) is 7.92. The van der Waals surface area contributed by atoms with E-state index in [2.05, 4.69) is 30.6 Å². The van der Waals surface area contributed by atoms with Gasteiger partial charge in [-0.05, 0) is 12.3 Å². The predicted molar refractivity (Wildman–Crippen MR) is 90.3 cm³/mol. The van der Waals surface area contributed by atoms with Crippen LogP contribution in [0.3, 0.4) is 0 Å². The molecule has 0 aromatic heterocycles. The van der Waals surface area contributed by atoms with E-state index in [0.29, 0.717) is 6.54 Å². The highest BCUT2D eigenvalue weighted by Gasteiger charge is 2.31. The summed E-state index contributed by atoms with van der Waals surface area (Å²) in [5, 5.41) is 10.2. The van der Waals surface area contributed by atoms with Crippen molar-refractivity contribution < 1.29 is 14.6 Å². The molecule has 1 amide bonds. The fourth-order valence-corrected chi connectivity index (χ4v) is 3.05. The number of rotatable bonds is 4. The molecule has 23 heavy (non-hydrogen) atoms. The van der Waals surface area contributed by atoms with Crippen molar-refractivity contribution in [1.29, 1.82) is 0 Å². The lowest BCUT2D eigenvalue weighted by molar-refractivity contribution is -0.140. The number of hydrogen-bond acceptors (Lipinski definition) is 5. The molecule has 2 aliphatic rings. The average Bonchev–Trinajstić information content (AvgIpc) is 2.54. The van der Waals surface area contributed by atoms with Crippen molar-refractivity contribution in [3.05, 3.63) is 0 Å². The lowest BCUT2D eigenvalue weighted by Gasteiger charge is -2.40. The Morgan fingerprint density at radius 2 is 1.65 bits per heavy atom. The third kappa shape index (κ3) is 5.14. The normalized spacial score (nSPS) is 24.5. The topological polar surface area (TPSA) is 56.2 Å². The van der Waals surface area contributed by atoms with Gasteiger partial charge in [-0.3, -0.25) is 14.6 Å². The molecule has 2 fully saturated rings. The van der Waals surface area contributed by atoms with Gasteiger partial charge in [-0.25, -0.2) is 0 Å². The lowest BCUT2D eigenvalue weighted by Crippen LogP contribution is -2.56. The van der Waals surface area contributed by atoms with Crippen LogP contribution < -0.4 is 0 Å². The second-order valence-corrected chi connectivity index (χ2v) is 7.83. The number of nitrogens with zero attached hydrogens (tertiary/aromatic N) is 3. The minimum absolute atomic E-state index is 0.0642. The van der Waals surface area contributed by atoms with Gasteiger partial charge >= 0.3 is 0 Å². The number of ether oxygens (including phenoxy) is 1. The molecule has 6 heteroatoms. The summed E-state index contributed by atoms with van der Waals surface area (Å²) in [5.74, 6) is 0.225. The highest BCUT2D eigenvalue weighted by atomic mass is 16.5. The number of carbonyl (C=O) groups excluding carboxylic acids is 1. The quantitative estimate of drug-likeness (QED) is 0.803. The van der Waals surface area contributed by atoms with Crippen molar-refractivity contribution in [2.45, 2.75) is 39.8 Å². The van der Waals surface area contributed by atoms with Gasteiger partial charge in [-0.2, -0.15) is 0 Å². The molecule has 2 rings (SSSR count). The molecule has 0 aromatic rings. The summed E-state index contributed by atoms with van der Waals surface area (Å²) in [6.07, 6.45) is -0.336. The average molecular weight is 327 g/mol. The van der Waals surface area contributed by atoms with Crippen molar-refractivity contribution in [1.82, 2.24) is 14.7 Å². The van der Waals surface area contributed by atoms with Crippen LogP contribution >= 0.6 is 0 Å². The molecule has 6 nitrogen and oxygen atoms in total. The largest absolute Gasteiger partial charge is 0.391 e. The van der Waals surface area contributed by atoms with E-state index in [4.69, 9.17) is 4.74 Å². The number of piperazine rings is 1. The van der Waals surface area contributed by atoms with E-state index in [1.165, 1.54) is 0 Å². The summed E-state index contributed by atoms with van der Waals surface area (Å²) in [7, 11) is 0. The molecule has 0 saturated carbocycles. The van der Waals surface area contributed by atoms with E-state index in [0.717, 1.165) is 52.5 Å². The Morgan fingerprint density at radius 1 is 1.09 bits per heavy atom. The Hall–Kier alpha value is -0.690. The molecule has 0 radical (unpaired) electrons. The van der Waals surface area contributed by atoms with Gasteiger partial charge < -0.3 is 14.7 Å². The van der Waals surface area contributed by atoms with Crippen LogP contribution in [0, 0.1) is 5.41 Å². The van der Waals surface area contributed by atoms with Crippen LogP contribution in [0.15, 0.2) is 0 Å². The Morgan fingerprint density at radius 3 is 2.17 bits per heavy atom. The monoisotopic (exact) mass is 327 g/mol. The molecule has 2 saturated heterocycles. The molecule has 2 heterocycles. The molecule has 1 N–H and O–H groups in total. The zero-order valence-corrected chi connectivity index (χ0v) is 15.1. The Balaban J connectivity index is 1.78. The fraction of sp³-hybridized carbons (Fsp3) is 0.941. The summed E-state index contributed by atoms with van der Waals surface area (Å²) in [6.45, 7) is 15.2. The summed E-state index contributed by atoms with van der Waals surface area (Å²) < 4.78 is 5.36. The van der Waals surface area contributed by atoms with Crippen molar-refractivity contribution in [3.8, 4) is 0 Å². The van der Waals surface area contributed by atoms with Crippen LogP contribution in [-0.4, -0.2) is 96.9 Å². The van der Waals surface area contributed by atoms with Crippen LogP contribution in [0.2, 0.25) is 0 Å². The SMILES string of the molecule is C[C@@H](C(=O)N1CCN(C[C@H](O)C(C)(C)C)CC1)N1CCOCC1. The number of morpholine rings is 1. The third-order valence-electron chi connectivity index (χ3n) is 5.07. The van der Waals surface area contributed by atoms with Gasteiger partial charge in [0, 0.05) is 45.8 Å². The highest BCUT2D eigenvalue weighted by molar-refractivity contribution is 5.81. The predicted octanol–water partition coefficient (Wildman–Crippen LogP) is 0.258. The van der Waals surface area contributed by atoms with Gasteiger partial charge in [0.15, 0.2) is 0 Å². The van der Waals surface area contributed by atoms with E-state index < -0.39 is 0 Å². The van der Waals surface area contributed by atoms with E-state index in [-0.39, 0.29) is 23.5 Å². The first-order valence-corrected chi connectivity index (χ1v) is 8.80. The first-order chi connectivity index (χ1) is 10.8. The lowest BCUT2D eigenvalue weighted by atomic mass is 9.89. The smallest absolute Gasteiger partial charge is 0.239 e. The van der Waals surface area contributed by atoms with Gasteiger partial charge in [0.1, 0.15) is 0 Å². The summed E-state index contributed by atoms with van der Waals surface area (Å²) in [4.78, 5) is 19.1. The minimum Gasteiger partial charge on any atom is -0.391 e. The first kappa shape index (κ1) is 18.6. The fourth-order valence-electron chi connectivity index (χ4n) is 3.05. The molecule has 0 unspecified atom stereocenters. The number of hydrogen-bond donors (Lipinski definition) is 1. The summed E-state index contributed by atoms with van der Waals surface area (Å²) in [5.41, 5.74) is -0.0994. The van der Waals surface area contributed by atoms with Crippen molar-refractivity contribution in [2.75, 3.05) is 59.0 Å².